The van der Waals surface area contributed by atoms with Crippen molar-refractivity contribution < 1.29 is 10.4 Å². The number of quaternary nitrogens is 1. The van der Waals surface area contributed by atoms with Crippen LogP contribution in [0.15, 0.2) is 91.0 Å². The Bertz CT molecular complexity index is 698. The lowest BCUT2D eigenvalue weighted by atomic mass is 9.95. The Hall–Kier alpha value is -2.42. The molecule has 0 radical (unpaired) electrons. The number of aliphatic hydroxyl groups excluding tert-OH is 1. The van der Waals surface area contributed by atoms with Crippen molar-refractivity contribution in [2.75, 3.05) is 0 Å². The molecule has 116 valence electrons. The van der Waals surface area contributed by atoms with Crippen LogP contribution in [0.2, 0.25) is 0 Å². The Labute approximate surface area is 137 Å². The summed E-state index contributed by atoms with van der Waals surface area (Å²) in [5.41, 5.74) is 3.35. The first-order valence-electron chi connectivity index (χ1n) is 8.00. The zero-order valence-electron chi connectivity index (χ0n) is 13.0. The first-order valence-corrected chi connectivity index (χ1v) is 8.00. The van der Waals surface area contributed by atoms with Crippen LogP contribution in [-0.4, -0.2) is 5.11 Å². The van der Waals surface area contributed by atoms with Gasteiger partial charge in [-0.25, -0.2) is 0 Å². The molecule has 0 unspecified atom stereocenters. The zero-order valence-corrected chi connectivity index (χ0v) is 13.0. The van der Waals surface area contributed by atoms with Crippen molar-refractivity contribution >= 4 is 0 Å². The summed E-state index contributed by atoms with van der Waals surface area (Å²) in [6, 6.07) is 30.4. The fraction of sp³-hybridized carbons (Fsp3) is 0.143. The summed E-state index contributed by atoms with van der Waals surface area (Å²) in [4.78, 5) is 0. The first kappa shape index (κ1) is 15.5. The minimum Gasteiger partial charge on any atom is -0.382 e. The Balaban J connectivity index is 1.82. The van der Waals surface area contributed by atoms with E-state index in [9.17, 15) is 5.11 Å². The number of hydrogen-bond donors (Lipinski definition) is 2. The molecular weight excluding hydrogens is 282 g/mol. The lowest BCUT2D eigenvalue weighted by Crippen LogP contribution is -2.84. The van der Waals surface area contributed by atoms with Crippen molar-refractivity contribution in [2.24, 2.45) is 0 Å². The van der Waals surface area contributed by atoms with Gasteiger partial charge in [0.25, 0.3) is 0 Å². The Morgan fingerprint density at radius 1 is 0.652 bits per heavy atom. The molecule has 3 aromatic carbocycles. The third-order valence-corrected chi connectivity index (χ3v) is 4.12. The second kappa shape index (κ2) is 7.73. The van der Waals surface area contributed by atoms with Crippen LogP contribution < -0.4 is 5.32 Å². The lowest BCUT2D eigenvalue weighted by Gasteiger charge is -2.22. The van der Waals surface area contributed by atoms with E-state index in [1.807, 2.05) is 66.7 Å². The number of aliphatic hydroxyl groups is 1. The van der Waals surface area contributed by atoms with E-state index in [1.54, 1.807) is 0 Å². The van der Waals surface area contributed by atoms with Gasteiger partial charge in [-0.3, -0.25) is 0 Å². The molecule has 0 saturated heterocycles. The first-order chi connectivity index (χ1) is 11.3. The lowest BCUT2D eigenvalue weighted by molar-refractivity contribution is -0.719. The summed E-state index contributed by atoms with van der Waals surface area (Å²) in [6.45, 7) is 0.838. The maximum absolute atomic E-state index is 10.9. The Morgan fingerprint density at radius 3 is 1.70 bits per heavy atom. The molecule has 23 heavy (non-hydrogen) atoms. The molecule has 2 atom stereocenters. The molecule has 0 amide bonds. The monoisotopic (exact) mass is 304 g/mol. The van der Waals surface area contributed by atoms with Gasteiger partial charge in [0.05, 0.1) is 0 Å². The third kappa shape index (κ3) is 4.07. The molecule has 0 bridgehead atoms. The molecule has 0 aromatic heterocycles. The van der Waals surface area contributed by atoms with Gasteiger partial charge in [-0.1, -0.05) is 91.0 Å². The number of benzene rings is 3. The predicted molar refractivity (Wildman–Crippen MR) is 92.7 cm³/mol. The van der Waals surface area contributed by atoms with Gasteiger partial charge in [-0.05, 0) is 5.56 Å². The largest absolute Gasteiger partial charge is 0.382 e. The topological polar surface area (TPSA) is 36.8 Å². The molecule has 0 spiro atoms. The molecule has 0 heterocycles. The van der Waals surface area contributed by atoms with Gasteiger partial charge in [0.2, 0.25) is 0 Å². The van der Waals surface area contributed by atoms with Crippen LogP contribution in [0.3, 0.4) is 0 Å². The molecule has 2 heteroatoms. The van der Waals surface area contributed by atoms with Crippen molar-refractivity contribution in [3.8, 4) is 0 Å². The van der Waals surface area contributed by atoms with Gasteiger partial charge in [-0.2, -0.15) is 0 Å². The Kier molecular flexibility index (Phi) is 5.20. The minimum absolute atomic E-state index is 0.0289. The van der Waals surface area contributed by atoms with Crippen molar-refractivity contribution in [3.05, 3.63) is 108 Å². The molecule has 0 aliphatic carbocycles. The number of hydrogen-bond acceptors (Lipinski definition) is 1. The second-order valence-electron chi connectivity index (χ2n) is 5.72. The summed E-state index contributed by atoms with van der Waals surface area (Å²) in [7, 11) is 0. The van der Waals surface area contributed by atoms with E-state index < -0.39 is 6.10 Å². The molecule has 2 nitrogen and oxygen atoms in total. The highest BCUT2D eigenvalue weighted by Gasteiger charge is 2.25. The molecule has 0 fully saturated rings. The average Bonchev–Trinajstić information content (AvgIpc) is 2.64. The minimum atomic E-state index is -0.540. The molecule has 0 aliphatic rings. The van der Waals surface area contributed by atoms with E-state index in [4.69, 9.17) is 0 Å². The molecule has 3 N–H and O–H groups in total. The van der Waals surface area contributed by atoms with Gasteiger partial charge in [0.1, 0.15) is 18.7 Å². The van der Waals surface area contributed by atoms with E-state index >= 15 is 0 Å². The molecule has 3 aromatic rings. The second-order valence-corrected chi connectivity index (χ2v) is 5.72. The maximum atomic E-state index is 10.9. The van der Waals surface area contributed by atoms with Gasteiger partial charge in [0.15, 0.2) is 0 Å². The highest BCUT2D eigenvalue weighted by molar-refractivity contribution is 5.24. The van der Waals surface area contributed by atoms with Crippen LogP contribution in [0.1, 0.15) is 28.8 Å². The fourth-order valence-corrected chi connectivity index (χ4v) is 2.86. The standard InChI is InChI=1S/C21H21NO/c23-21(19-14-8-3-9-15-19)20(18-12-6-2-7-13-18)22-16-17-10-4-1-5-11-17/h1-15,20-23H,16H2/p+1/t20-,21-/m1/s1. The fourth-order valence-electron chi connectivity index (χ4n) is 2.86. The van der Waals surface area contributed by atoms with Gasteiger partial charge >= 0.3 is 0 Å². The van der Waals surface area contributed by atoms with E-state index in [2.05, 4.69) is 29.6 Å². The number of nitrogens with two attached hydrogens (primary N) is 1. The van der Waals surface area contributed by atoms with Crippen molar-refractivity contribution in [2.45, 2.75) is 18.7 Å². The predicted octanol–water partition coefficient (Wildman–Crippen LogP) is 3.22. The van der Waals surface area contributed by atoms with Gasteiger partial charge < -0.3 is 10.4 Å². The van der Waals surface area contributed by atoms with Crippen molar-refractivity contribution in [3.63, 3.8) is 0 Å². The Morgan fingerprint density at radius 2 is 1.13 bits per heavy atom. The quantitative estimate of drug-likeness (QED) is 0.721. The van der Waals surface area contributed by atoms with E-state index in [0.717, 1.165) is 17.7 Å². The summed E-state index contributed by atoms with van der Waals surface area (Å²) in [6.07, 6.45) is -0.540. The van der Waals surface area contributed by atoms with Crippen LogP contribution in [0.4, 0.5) is 0 Å². The highest BCUT2D eigenvalue weighted by atomic mass is 16.3. The van der Waals surface area contributed by atoms with Gasteiger partial charge in [-0.15, -0.1) is 0 Å². The third-order valence-electron chi connectivity index (χ3n) is 4.12. The molecule has 0 saturated carbocycles. The maximum Gasteiger partial charge on any atom is 0.142 e. The summed E-state index contributed by atoms with van der Waals surface area (Å²) < 4.78 is 0. The summed E-state index contributed by atoms with van der Waals surface area (Å²) in [5.74, 6) is 0. The molecule has 3 rings (SSSR count). The number of rotatable bonds is 6. The van der Waals surface area contributed by atoms with Crippen molar-refractivity contribution in [1.82, 2.24) is 0 Å². The van der Waals surface area contributed by atoms with Gasteiger partial charge in [0, 0.05) is 11.1 Å². The molecule has 0 aliphatic heterocycles. The summed E-state index contributed by atoms with van der Waals surface area (Å²) >= 11 is 0. The zero-order chi connectivity index (χ0) is 15.9. The average molecular weight is 304 g/mol. The molecular formula is C21H22NO+. The summed E-state index contributed by atoms with van der Waals surface area (Å²) in [5, 5.41) is 13.1. The van der Waals surface area contributed by atoms with Crippen LogP contribution in [0, 0.1) is 0 Å². The SMILES string of the molecule is O[C@H](c1ccccc1)[C@H]([NH2+]Cc1ccccc1)c1ccccc1. The normalized spacial score (nSPS) is 13.4. The van der Waals surface area contributed by atoms with E-state index in [1.165, 1.54) is 5.56 Å². The van der Waals surface area contributed by atoms with Crippen LogP contribution >= 0.6 is 0 Å². The van der Waals surface area contributed by atoms with E-state index in [-0.39, 0.29) is 6.04 Å². The van der Waals surface area contributed by atoms with Crippen LogP contribution in [0.25, 0.3) is 0 Å². The highest BCUT2D eigenvalue weighted by Crippen LogP contribution is 2.25. The van der Waals surface area contributed by atoms with Crippen LogP contribution in [-0.2, 0) is 6.54 Å². The van der Waals surface area contributed by atoms with Crippen molar-refractivity contribution in [1.29, 1.82) is 0 Å². The smallest absolute Gasteiger partial charge is 0.142 e. The van der Waals surface area contributed by atoms with E-state index in [0.29, 0.717) is 0 Å². The van der Waals surface area contributed by atoms with Crippen LogP contribution in [0.5, 0.6) is 0 Å².